The van der Waals surface area contributed by atoms with Crippen LogP contribution in [-0.4, -0.2) is 20.7 Å². The van der Waals surface area contributed by atoms with Crippen LogP contribution in [0.1, 0.15) is 41.2 Å². The standard InChI is InChI=1S/C17H22N4O/c1-12-5-6-14(13(2)10-12)7-8-17(22)18-11-16-20-19-15-4-3-9-21(15)16/h5-6,10H,3-4,7-9,11H2,1-2H3,(H,18,22). The molecule has 1 aliphatic rings. The molecule has 1 aromatic heterocycles. The highest BCUT2D eigenvalue weighted by Crippen LogP contribution is 2.14. The summed E-state index contributed by atoms with van der Waals surface area (Å²) in [6.07, 6.45) is 3.40. The molecule has 0 atom stereocenters. The summed E-state index contributed by atoms with van der Waals surface area (Å²) in [7, 11) is 0. The van der Waals surface area contributed by atoms with Gasteiger partial charge in [-0.2, -0.15) is 0 Å². The lowest BCUT2D eigenvalue weighted by Gasteiger charge is -2.08. The van der Waals surface area contributed by atoms with Gasteiger partial charge < -0.3 is 9.88 Å². The average molecular weight is 298 g/mol. The molecule has 0 aliphatic carbocycles. The topological polar surface area (TPSA) is 59.8 Å². The summed E-state index contributed by atoms with van der Waals surface area (Å²) in [5, 5.41) is 11.3. The van der Waals surface area contributed by atoms with E-state index < -0.39 is 0 Å². The maximum atomic E-state index is 12.0. The molecule has 22 heavy (non-hydrogen) atoms. The molecule has 0 bridgehead atoms. The summed E-state index contributed by atoms with van der Waals surface area (Å²) in [5.41, 5.74) is 3.75. The maximum Gasteiger partial charge on any atom is 0.220 e. The Hall–Kier alpha value is -2.17. The first kappa shape index (κ1) is 14.8. The van der Waals surface area contributed by atoms with Crippen LogP contribution in [0.25, 0.3) is 0 Å². The van der Waals surface area contributed by atoms with Crippen LogP contribution in [0.15, 0.2) is 18.2 Å². The van der Waals surface area contributed by atoms with Crippen molar-refractivity contribution in [3.8, 4) is 0 Å². The van der Waals surface area contributed by atoms with Gasteiger partial charge in [0.2, 0.25) is 5.91 Å². The minimum atomic E-state index is 0.0651. The zero-order valence-corrected chi connectivity index (χ0v) is 13.2. The molecule has 116 valence electrons. The molecule has 0 saturated heterocycles. The summed E-state index contributed by atoms with van der Waals surface area (Å²) in [4.78, 5) is 12.0. The van der Waals surface area contributed by atoms with Crippen LogP contribution < -0.4 is 5.32 Å². The molecule has 1 N–H and O–H groups in total. The molecule has 5 nitrogen and oxygen atoms in total. The smallest absolute Gasteiger partial charge is 0.220 e. The van der Waals surface area contributed by atoms with Crippen molar-refractivity contribution >= 4 is 5.91 Å². The molecule has 2 heterocycles. The second-order valence-corrected chi connectivity index (χ2v) is 5.99. The second-order valence-electron chi connectivity index (χ2n) is 5.99. The Bertz CT molecular complexity index is 690. The van der Waals surface area contributed by atoms with Gasteiger partial charge in [-0.3, -0.25) is 4.79 Å². The summed E-state index contributed by atoms with van der Waals surface area (Å²) < 4.78 is 2.12. The van der Waals surface area contributed by atoms with Crippen molar-refractivity contribution in [1.82, 2.24) is 20.1 Å². The van der Waals surface area contributed by atoms with Crippen molar-refractivity contribution < 1.29 is 4.79 Å². The molecule has 1 aliphatic heterocycles. The Morgan fingerprint density at radius 1 is 1.32 bits per heavy atom. The van der Waals surface area contributed by atoms with Gasteiger partial charge in [0.1, 0.15) is 5.82 Å². The molecule has 2 aromatic rings. The summed E-state index contributed by atoms with van der Waals surface area (Å²) >= 11 is 0. The number of rotatable bonds is 5. The number of amides is 1. The predicted octanol–water partition coefficient (Wildman–Crippen LogP) is 2.09. The molecule has 3 rings (SSSR count). The minimum Gasteiger partial charge on any atom is -0.349 e. The van der Waals surface area contributed by atoms with E-state index in [2.05, 4.69) is 52.1 Å². The Morgan fingerprint density at radius 2 is 2.18 bits per heavy atom. The molecule has 0 fully saturated rings. The Morgan fingerprint density at radius 3 is 3.00 bits per heavy atom. The van der Waals surface area contributed by atoms with Crippen LogP contribution in [0.3, 0.4) is 0 Å². The average Bonchev–Trinajstić information content (AvgIpc) is 3.07. The van der Waals surface area contributed by atoms with Crippen molar-refractivity contribution in [2.24, 2.45) is 0 Å². The van der Waals surface area contributed by atoms with Crippen LogP contribution in [0.2, 0.25) is 0 Å². The summed E-state index contributed by atoms with van der Waals surface area (Å²) in [5.74, 6) is 1.97. The third-order valence-electron chi connectivity index (χ3n) is 4.25. The van der Waals surface area contributed by atoms with E-state index >= 15 is 0 Å². The van der Waals surface area contributed by atoms with Gasteiger partial charge in [-0.25, -0.2) is 0 Å². The van der Waals surface area contributed by atoms with E-state index in [1.54, 1.807) is 0 Å². The zero-order valence-electron chi connectivity index (χ0n) is 13.2. The highest BCUT2D eigenvalue weighted by atomic mass is 16.1. The summed E-state index contributed by atoms with van der Waals surface area (Å²) in [6.45, 7) is 5.62. The molecule has 0 radical (unpaired) electrons. The van der Waals surface area contributed by atoms with E-state index in [0.29, 0.717) is 13.0 Å². The predicted molar refractivity (Wildman–Crippen MR) is 84.4 cm³/mol. The van der Waals surface area contributed by atoms with Gasteiger partial charge in [-0.1, -0.05) is 23.8 Å². The van der Waals surface area contributed by atoms with Gasteiger partial charge in [0.15, 0.2) is 5.82 Å². The van der Waals surface area contributed by atoms with Crippen molar-refractivity contribution in [3.63, 3.8) is 0 Å². The lowest BCUT2D eigenvalue weighted by molar-refractivity contribution is -0.121. The van der Waals surface area contributed by atoms with Gasteiger partial charge in [0.25, 0.3) is 0 Å². The first-order chi connectivity index (χ1) is 10.6. The maximum absolute atomic E-state index is 12.0. The number of aromatic nitrogens is 3. The van der Waals surface area contributed by atoms with E-state index in [4.69, 9.17) is 0 Å². The fraction of sp³-hybridized carbons (Fsp3) is 0.471. The molecule has 1 aromatic carbocycles. The number of benzene rings is 1. The molecule has 0 unspecified atom stereocenters. The lowest BCUT2D eigenvalue weighted by Crippen LogP contribution is -2.25. The van der Waals surface area contributed by atoms with Crippen molar-refractivity contribution in [2.45, 2.75) is 52.6 Å². The van der Waals surface area contributed by atoms with Crippen LogP contribution in [0, 0.1) is 13.8 Å². The quantitative estimate of drug-likeness (QED) is 0.919. The third kappa shape index (κ3) is 3.18. The van der Waals surface area contributed by atoms with Gasteiger partial charge in [0, 0.05) is 19.4 Å². The van der Waals surface area contributed by atoms with E-state index in [-0.39, 0.29) is 5.91 Å². The van der Waals surface area contributed by atoms with Crippen LogP contribution in [0.4, 0.5) is 0 Å². The minimum absolute atomic E-state index is 0.0651. The third-order valence-corrected chi connectivity index (χ3v) is 4.25. The highest BCUT2D eigenvalue weighted by molar-refractivity contribution is 5.76. The number of nitrogens with one attached hydrogen (secondary N) is 1. The van der Waals surface area contributed by atoms with E-state index in [1.165, 1.54) is 16.7 Å². The first-order valence-corrected chi connectivity index (χ1v) is 7.87. The van der Waals surface area contributed by atoms with Gasteiger partial charge in [-0.05, 0) is 37.8 Å². The number of carbonyl (C=O) groups is 1. The second kappa shape index (κ2) is 6.30. The molecular weight excluding hydrogens is 276 g/mol. The monoisotopic (exact) mass is 298 g/mol. The molecule has 0 saturated carbocycles. The van der Waals surface area contributed by atoms with Gasteiger partial charge in [-0.15, -0.1) is 10.2 Å². The van der Waals surface area contributed by atoms with Gasteiger partial charge in [0.05, 0.1) is 6.54 Å². The molecular formula is C17H22N4O. The van der Waals surface area contributed by atoms with E-state index in [9.17, 15) is 4.79 Å². The van der Waals surface area contributed by atoms with E-state index in [1.807, 2.05) is 0 Å². The largest absolute Gasteiger partial charge is 0.349 e. The number of fused-ring (bicyclic) bond motifs is 1. The number of nitrogens with zero attached hydrogens (tertiary/aromatic N) is 3. The molecule has 0 spiro atoms. The van der Waals surface area contributed by atoms with Crippen molar-refractivity contribution in [2.75, 3.05) is 0 Å². The first-order valence-electron chi connectivity index (χ1n) is 7.87. The van der Waals surface area contributed by atoms with Crippen LogP contribution >= 0.6 is 0 Å². The fourth-order valence-corrected chi connectivity index (χ4v) is 2.98. The number of hydrogen-bond acceptors (Lipinski definition) is 3. The van der Waals surface area contributed by atoms with Crippen molar-refractivity contribution in [3.05, 3.63) is 46.5 Å². The Labute approximate surface area is 130 Å². The normalized spacial score (nSPS) is 13.2. The van der Waals surface area contributed by atoms with E-state index in [0.717, 1.165) is 37.5 Å². The highest BCUT2D eigenvalue weighted by Gasteiger charge is 2.17. The fourth-order valence-electron chi connectivity index (χ4n) is 2.98. The molecule has 5 heteroatoms. The Balaban J connectivity index is 1.50. The number of carbonyl (C=O) groups excluding carboxylic acids is 1. The van der Waals surface area contributed by atoms with Crippen LogP contribution in [0.5, 0.6) is 0 Å². The summed E-state index contributed by atoms with van der Waals surface area (Å²) in [6, 6.07) is 6.37. The Kier molecular flexibility index (Phi) is 4.22. The van der Waals surface area contributed by atoms with Crippen LogP contribution in [-0.2, 0) is 30.7 Å². The van der Waals surface area contributed by atoms with Crippen molar-refractivity contribution in [1.29, 1.82) is 0 Å². The zero-order chi connectivity index (χ0) is 15.5. The lowest BCUT2D eigenvalue weighted by atomic mass is 10.0. The SMILES string of the molecule is Cc1ccc(CCC(=O)NCc2nnc3n2CCC3)c(C)c1. The number of aryl methyl sites for hydroxylation is 4. The molecule has 1 amide bonds. The number of hydrogen-bond donors (Lipinski definition) is 1. The van der Waals surface area contributed by atoms with Gasteiger partial charge >= 0.3 is 0 Å².